The van der Waals surface area contributed by atoms with Crippen molar-refractivity contribution in [3.8, 4) is 0 Å². The molecule has 0 bridgehead atoms. The van der Waals surface area contributed by atoms with Crippen molar-refractivity contribution in [2.75, 3.05) is 13.1 Å². The Morgan fingerprint density at radius 2 is 2.15 bits per heavy atom. The molecular weight excluding hydrogens is 430 g/mol. The van der Waals surface area contributed by atoms with Gasteiger partial charge in [-0.1, -0.05) is 36.9 Å². The first-order chi connectivity index (χ1) is 16.3. The van der Waals surface area contributed by atoms with Crippen molar-refractivity contribution in [1.29, 1.82) is 0 Å². The topological polar surface area (TPSA) is 153 Å². The average Bonchev–Trinajstić information content (AvgIpc) is 3.31. The van der Waals surface area contributed by atoms with E-state index in [1.54, 1.807) is 11.1 Å². The van der Waals surface area contributed by atoms with E-state index in [4.69, 9.17) is 17.2 Å². The highest BCUT2D eigenvalue weighted by molar-refractivity contribution is 5.90. The van der Waals surface area contributed by atoms with Crippen LogP contribution in [0.1, 0.15) is 38.3 Å². The number of pyridine rings is 1. The molecule has 0 spiro atoms. The third-order valence-corrected chi connectivity index (χ3v) is 5.64. The molecule has 1 aromatic rings. The Bertz CT molecular complexity index is 907. The van der Waals surface area contributed by atoms with Gasteiger partial charge in [-0.05, 0) is 50.3 Å². The van der Waals surface area contributed by atoms with Gasteiger partial charge in [-0.2, -0.15) is 0 Å². The number of allylic oxidation sites excluding steroid dienone is 3. The second-order valence-corrected chi connectivity index (χ2v) is 8.29. The molecule has 0 unspecified atom stereocenters. The number of rotatable bonds is 12. The van der Waals surface area contributed by atoms with E-state index in [0.717, 1.165) is 17.7 Å². The molecular formula is C25H37N7O2. The zero-order valence-corrected chi connectivity index (χ0v) is 19.9. The maximum atomic E-state index is 13.3. The summed E-state index contributed by atoms with van der Waals surface area (Å²) in [6, 6.07) is 4.05. The summed E-state index contributed by atoms with van der Waals surface area (Å²) in [5, 5.41) is 3.09. The van der Waals surface area contributed by atoms with Crippen molar-refractivity contribution in [3.63, 3.8) is 0 Å². The Balaban J connectivity index is 2.06. The summed E-state index contributed by atoms with van der Waals surface area (Å²) in [6.45, 7) is 6.99. The monoisotopic (exact) mass is 467 g/mol. The van der Waals surface area contributed by atoms with Gasteiger partial charge < -0.3 is 27.4 Å². The third kappa shape index (κ3) is 8.47. The summed E-state index contributed by atoms with van der Waals surface area (Å²) in [7, 11) is 0. The number of nitrogens with zero attached hydrogens (tertiary/aromatic N) is 3. The lowest BCUT2D eigenvalue weighted by atomic mass is 10.0. The number of hydrogen-bond donors (Lipinski definition) is 4. The molecule has 1 aromatic heterocycles. The molecule has 9 heteroatoms. The van der Waals surface area contributed by atoms with Crippen LogP contribution in [0.25, 0.3) is 0 Å². The Kier molecular flexibility index (Phi) is 11.0. The maximum Gasteiger partial charge on any atom is 0.243 e. The first-order valence-electron chi connectivity index (χ1n) is 11.6. The van der Waals surface area contributed by atoms with Gasteiger partial charge in [0.15, 0.2) is 5.96 Å². The number of hydrogen-bond acceptors (Lipinski definition) is 5. The minimum absolute atomic E-state index is 0.0126. The molecule has 184 valence electrons. The normalized spacial score (nSPS) is 17.6. The molecule has 7 N–H and O–H groups in total. The standard InChI is InChI=1S/C25H37N7O2/c1-3-4-5-10-18(2)21(17-19-11-6-7-14-29-19)31-23(33)22-13-9-16-32(22)24(34)20(26)12-8-15-30-25(27)28/h3-7,10-11,14,20-22H,2,8-9,12-13,15-17,26H2,1H3,(H,31,33)(H4,27,28,30)/b4-3-,10-5-/t20-,21-,22-/m0/s1. The molecule has 2 rings (SSSR count). The Morgan fingerprint density at radius 3 is 2.82 bits per heavy atom. The first kappa shape index (κ1) is 26.8. The quantitative estimate of drug-likeness (QED) is 0.157. The van der Waals surface area contributed by atoms with Crippen LogP contribution in [0, 0.1) is 0 Å². The van der Waals surface area contributed by atoms with Crippen LogP contribution in [0.4, 0.5) is 0 Å². The van der Waals surface area contributed by atoms with Gasteiger partial charge in [0.2, 0.25) is 11.8 Å². The van der Waals surface area contributed by atoms with E-state index in [1.807, 2.05) is 49.4 Å². The van der Waals surface area contributed by atoms with Crippen LogP contribution in [0.15, 0.2) is 65.8 Å². The Morgan fingerprint density at radius 1 is 1.35 bits per heavy atom. The van der Waals surface area contributed by atoms with E-state index in [2.05, 4.69) is 21.9 Å². The van der Waals surface area contributed by atoms with Crippen LogP contribution in [0.3, 0.4) is 0 Å². The number of nitrogens with one attached hydrogen (secondary N) is 1. The van der Waals surface area contributed by atoms with Crippen molar-refractivity contribution in [2.45, 2.75) is 57.2 Å². The zero-order valence-electron chi connectivity index (χ0n) is 19.9. The van der Waals surface area contributed by atoms with E-state index in [1.165, 1.54) is 0 Å². The number of nitrogens with two attached hydrogens (primary N) is 3. The van der Waals surface area contributed by atoms with Gasteiger partial charge in [-0.15, -0.1) is 0 Å². The highest BCUT2D eigenvalue weighted by Crippen LogP contribution is 2.20. The lowest BCUT2D eigenvalue weighted by molar-refractivity contribution is -0.139. The SMILES string of the molecule is C=C(/C=C\C=C/C)[C@H](Cc1ccccn1)NC(=O)[C@@H]1CCCN1C(=O)[C@@H](N)CCCN=C(N)N. The van der Waals surface area contributed by atoms with Crippen molar-refractivity contribution in [3.05, 3.63) is 66.5 Å². The summed E-state index contributed by atoms with van der Waals surface area (Å²) in [5.41, 5.74) is 18.4. The number of amides is 2. The summed E-state index contributed by atoms with van der Waals surface area (Å²) in [4.78, 5) is 36.1. The largest absolute Gasteiger partial charge is 0.370 e. The van der Waals surface area contributed by atoms with Crippen LogP contribution in [0.2, 0.25) is 0 Å². The number of carbonyl (C=O) groups is 2. The molecule has 1 saturated heterocycles. The maximum absolute atomic E-state index is 13.3. The molecule has 9 nitrogen and oxygen atoms in total. The molecule has 2 amide bonds. The van der Waals surface area contributed by atoms with E-state index in [0.29, 0.717) is 38.8 Å². The van der Waals surface area contributed by atoms with E-state index < -0.39 is 12.1 Å². The fourth-order valence-corrected chi connectivity index (χ4v) is 3.84. The Hall–Kier alpha value is -3.46. The van der Waals surface area contributed by atoms with Gasteiger partial charge in [0.05, 0.1) is 12.1 Å². The highest BCUT2D eigenvalue weighted by atomic mass is 16.2. The molecule has 34 heavy (non-hydrogen) atoms. The zero-order chi connectivity index (χ0) is 24.9. The molecule has 0 aromatic carbocycles. The molecule has 0 radical (unpaired) electrons. The second kappa shape index (κ2) is 13.9. The molecule has 0 saturated carbocycles. The number of aromatic nitrogens is 1. The number of guanidine groups is 1. The highest BCUT2D eigenvalue weighted by Gasteiger charge is 2.36. The molecule has 0 aliphatic carbocycles. The summed E-state index contributed by atoms with van der Waals surface area (Å²) in [6.07, 6.45) is 12.2. The molecule has 1 aliphatic rings. The van der Waals surface area contributed by atoms with E-state index in [-0.39, 0.29) is 23.8 Å². The van der Waals surface area contributed by atoms with Crippen LogP contribution in [0.5, 0.6) is 0 Å². The predicted octanol–water partition coefficient (Wildman–Crippen LogP) is 1.17. The van der Waals surface area contributed by atoms with Crippen molar-refractivity contribution in [1.82, 2.24) is 15.2 Å². The van der Waals surface area contributed by atoms with E-state index in [9.17, 15) is 9.59 Å². The molecule has 1 fully saturated rings. The fourth-order valence-electron chi connectivity index (χ4n) is 3.84. The minimum Gasteiger partial charge on any atom is -0.370 e. The van der Waals surface area contributed by atoms with Crippen LogP contribution in [-0.2, 0) is 16.0 Å². The molecule has 2 heterocycles. The van der Waals surface area contributed by atoms with Gasteiger partial charge in [0, 0.05) is 31.4 Å². The number of carbonyl (C=O) groups excluding carboxylic acids is 2. The van der Waals surface area contributed by atoms with Gasteiger partial charge in [0.1, 0.15) is 6.04 Å². The van der Waals surface area contributed by atoms with Crippen LogP contribution in [-0.4, -0.2) is 58.9 Å². The van der Waals surface area contributed by atoms with Gasteiger partial charge in [-0.3, -0.25) is 19.6 Å². The minimum atomic E-state index is -0.703. The lowest BCUT2D eigenvalue weighted by Crippen LogP contribution is -2.53. The van der Waals surface area contributed by atoms with Gasteiger partial charge in [-0.25, -0.2) is 0 Å². The van der Waals surface area contributed by atoms with E-state index >= 15 is 0 Å². The predicted molar refractivity (Wildman–Crippen MR) is 136 cm³/mol. The van der Waals surface area contributed by atoms with Crippen molar-refractivity contribution in [2.24, 2.45) is 22.2 Å². The average molecular weight is 468 g/mol. The molecule has 1 aliphatic heterocycles. The first-order valence-corrected chi connectivity index (χ1v) is 11.6. The summed E-state index contributed by atoms with van der Waals surface area (Å²) in [5.74, 6) is -0.422. The lowest BCUT2D eigenvalue weighted by Gasteiger charge is -2.28. The molecule has 3 atom stereocenters. The summed E-state index contributed by atoms with van der Waals surface area (Å²) < 4.78 is 0. The van der Waals surface area contributed by atoms with Crippen molar-refractivity contribution >= 4 is 17.8 Å². The summed E-state index contributed by atoms with van der Waals surface area (Å²) >= 11 is 0. The van der Waals surface area contributed by atoms with Crippen LogP contribution >= 0.6 is 0 Å². The second-order valence-electron chi connectivity index (χ2n) is 8.29. The third-order valence-electron chi connectivity index (χ3n) is 5.64. The number of aliphatic imine (C=N–C) groups is 1. The fraction of sp³-hybridized carbons (Fsp3) is 0.440. The van der Waals surface area contributed by atoms with Crippen molar-refractivity contribution < 1.29 is 9.59 Å². The number of likely N-dealkylation sites (tertiary alicyclic amines) is 1. The van der Waals surface area contributed by atoms with Gasteiger partial charge >= 0.3 is 0 Å². The Labute approximate surface area is 201 Å². The van der Waals surface area contributed by atoms with Crippen LogP contribution < -0.4 is 22.5 Å². The van der Waals surface area contributed by atoms with Gasteiger partial charge in [0.25, 0.3) is 0 Å². The smallest absolute Gasteiger partial charge is 0.243 e.